The van der Waals surface area contributed by atoms with Gasteiger partial charge in [0, 0.05) is 19.5 Å². The summed E-state index contributed by atoms with van der Waals surface area (Å²) < 4.78 is 5.39. The van der Waals surface area contributed by atoms with Gasteiger partial charge in [-0.15, -0.1) is 0 Å². The van der Waals surface area contributed by atoms with Crippen molar-refractivity contribution in [2.24, 2.45) is 11.3 Å². The fourth-order valence-corrected chi connectivity index (χ4v) is 3.81. The third-order valence-corrected chi connectivity index (χ3v) is 5.43. The maximum atomic E-state index is 12.1. The van der Waals surface area contributed by atoms with E-state index in [1.165, 1.54) is 25.7 Å². The van der Waals surface area contributed by atoms with E-state index in [4.69, 9.17) is 4.52 Å². The summed E-state index contributed by atoms with van der Waals surface area (Å²) in [5, 5.41) is 4.01. The Balaban J connectivity index is 1.57. The second-order valence-corrected chi connectivity index (χ2v) is 7.50. The molecule has 3 rings (SSSR count). The Kier molecular flexibility index (Phi) is 4.50. The Morgan fingerprint density at radius 1 is 1.27 bits per heavy atom. The second-order valence-electron chi connectivity index (χ2n) is 7.50. The molecule has 2 heterocycles. The third kappa shape index (κ3) is 3.50. The molecule has 1 saturated heterocycles. The number of hydrogen-bond acceptors (Lipinski definition) is 4. The standard InChI is InChI=1S/C17H27N3O2/c1-17(2)8-4-3-7-13(17)11-15-18-14(19-22-15)12-16(21)20-9-5-6-10-20/h13H,3-12H2,1-2H3. The van der Waals surface area contributed by atoms with Crippen molar-refractivity contribution in [1.29, 1.82) is 0 Å². The summed E-state index contributed by atoms with van der Waals surface area (Å²) in [5.74, 6) is 1.97. The molecule has 0 aromatic carbocycles. The molecule has 1 aliphatic heterocycles. The number of nitrogens with zero attached hydrogens (tertiary/aromatic N) is 3. The van der Waals surface area contributed by atoms with Gasteiger partial charge in [-0.3, -0.25) is 4.79 Å². The lowest BCUT2D eigenvalue weighted by atomic mass is 9.67. The lowest BCUT2D eigenvalue weighted by molar-refractivity contribution is -0.129. The van der Waals surface area contributed by atoms with Gasteiger partial charge in [-0.2, -0.15) is 4.98 Å². The largest absolute Gasteiger partial charge is 0.342 e. The SMILES string of the molecule is CC1(C)CCCCC1Cc1nc(CC(=O)N2CCCC2)no1. The monoisotopic (exact) mass is 305 g/mol. The van der Waals surface area contributed by atoms with Gasteiger partial charge in [-0.05, 0) is 37.0 Å². The van der Waals surface area contributed by atoms with E-state index in [0.717, 1.165) is 32.4 Å². The van der Waals surface area contributed by atoms with Crippen molar-refractivity contribution in [2.75, 3.05) is 13.1 Å². The highest BCUT2D eigenvalue weighted by atomic mass is 16.5. The summed E-state index contributed by atoms with van der Waals surface area (Å²) in [4.78, 5) is 18.5. The highest BCUT2D eigenvalue weighted by Gasteiger charge is 2.33. The van der Waals surface area contributed by atoms with Crippen molar-refractivity contribution in [3.8, 4) is 0 Å². The summed E-state index contributed by atoms with van der Waals surface area (Å²) in [6, 6.07) is 0. The van der Waals surface area contributed by atoms with Crippen molar-refractivity contribution in [3.63, 3.8) is 0 Å². The molecule has 5 heteroatoms. The maximum absolute atomic E-state index is 12.1. The van der Waals surface area contributed by atoms with Crippen LogP contribution in [-0.4, -0.2) is 34.0 Å². The van der Waals surface area contributed by atoms with Gasteiger partial charge in [0.2, 0.25) is 11.8 Å². The lowest BCUT2D eigenvalue weighted by Gasteiger charge is -2.38. The van der Waals surface area contributed by atoms with Gasteiger partial charge in [-0.25, -0.2) is 0 Å². The first-order chi connectivity index (χ1) is 10.5. The lowest BCUT2D eigenvalue weighted by Crippen LogP contribution is -2.30. The fraction of sp³-hybridized carbons (Fsp3) is 0.824. The quantitative estimate of drug-likeness (QED) is 0.858. The van der Waals surface area contributed by atoms with Crippen LogP contribution in [-0.2, 0) is 17.6 Å². The molecule has 0 bridgehead atoms. The molecule has 1 aromatic heterocycles. The first-order valence-corrected chi connectivity index (χ1v) is 8.64. The van der Waals surface area contributed by atoms with Crippen LogP contribution >= 0.6 is 0 Å². The number of carbonyl (C=O) groups is 1. The maximum Gasteiger partial charge on any atom is 0.230 e. The summed E-state index contributed by atoms with van der Waals surface area (Å²) >= 11 is 0. The zero-order chi connectivity index (χ0) is 15.6. The minimum atomic E-state index is 0.128. The van der Waals surface area contributed by atoms with E-state index >= 15 is 0 Å². The van der Waals surface area contributed by atoms with E-state index in [0.29, 0.717) is 23.0 Å². The van der Waals surface area contributed by atoms with Crippen LogP contribution in [0.4, 0.5) is 0 Å². The van der Waals surface area contributed by atoms with Crippen molar-refractivity contribution >= 4 is 5.91 Å². The van der Waals surface area contributed by atoms with Gasteiger partial charge >= 0.3 is 0 Å². The molecule has 1 aliphatic carbocycles. The van der Waals surface area contributed by atoms with Crippen molar-refractivity contribution < 1.29 is 9.32 Å². The van der Waals surface area contributed by atoms with E-state index in [2.05, 4.69) is 24.0 Å². The predicted octanol–water partition coefficient (Wildman–Crippen LogP) is 2.99. The molecule has 5 nitrogen and oxygen atoms in total. The van der Waals surface area contributed by atoms with Gasteiger partial charge in [0.05, 0.1) is 6.42 Å². The molecule has 1 amide bonds. The molecule has 1 unspecified atom stereocenters. The number of aromatic nitrogens is 2. The Labute approximate surface area is 132 Å². The van der Waals surface area contributed by atoms with Crippen LogP contribution in [0.25, 0.3) is 0 Å². The zero-order valence-corrected chi connectivity index (χ0v) is 13.8. The second kappa shape index (κ2) is 6.39. The number of likely N-dealkylation sites (tertiary alicyclic amines) is 1. The number of hydrogen-bond donors (Lipinski definition) is 0. The number of amides is 1. The molecular formula is C17H27N3O2. The van der Waals surface area contributed by atoms with Crippen LogP contribution in [0.5, 0.6) is 0 Å². The van der Waals surface area contributed by atoms with Crippen LogP contribution in [0.2, 0.25) is 0 Å². The van der Waals surface area contributed by atoms with Gasteiger partial charge in [-0.1, -0.05) is 31.8 Å². The van der Waals surface area contributed by atoms with E-state index in [1.807, 2.05) is 4.90 Å². The number of rotatable bonds is 4. The molecule has 122 valence electrons. The highest BCUT2D eigenvalue weighted by molar-refractivity contribution is 5.78. The average Bonchev–Trinajstić information content (AvgIpc) is 3.13. The van der Waals surface area contributed by atoms with Crippen LogP contribution in [0.3, 0.4) is 0 Å². The van der Waals surface area contributed by atoms with Gasteiger partial charge in [0.25, 0.3) is 0 Å². The van der Waals surface area contributed by atoms with Crippen LogP contribution in [0.15, 0.2) is 4.52 Å². The Morgan fingerprint density at radius 3 is 2.77 bits per heavy atom. The van der Waals surface area contributed by atoms with Gasteiger partial charge in [0.1, 0.15) is 0 Å². The van der Waals surface area contributed by atoms with E-state index in [-0.39, 0.29) is 12.3 Å². The molecule has 0 spiro atoms. The summed E-state index contributed by atoms with van der Waals surface area (Å²) in [6.07, 6.45) is 8.46. The van der Waals surface area contributed by atoms with Crippen LogP contribution in [0.1, 0.15) is 64.1 Å². The minimum Gasteiger partial charge on any atom is -0.342 e. The Bertz CT molecular complexity index is 518. The molecule has 22 heavy (non-hydrogen) atoms. The van der Waals surface area contributed by atoms with Crippen LogP contribution < -0.4 is 0 Å². The molecule has 1 saturated carbocycles. The first-order valence-electron chi connectivity index (χ1n) is 8.64. The van der Waals surface area contributed by atoms with E-state index in [9.17, 15) is 4.79 Å². The molecule has 0 N–H and O–H groups in total. The van der Waals surface area contributed by atoms with Crippen molar-refractivity contribution in [2.45, 2.75) is 65.2 Å². The smallest absolute Gasteiger partial charge is 0.230 e. The third-order valence-electron chi connectivity index (χ3n) is 5.43. The minimum absolute atomic E-state index is 0.128. The van der Waals surface area contributed by atoms with Crippen molar-refractivity contribution in [3.05, 3.63) is 11.7 Å². The topological polar surface area (TPSA) is 59.2 Å². The highest BCUT2D eigenvalue weighted by Crippen LogP contribution is 2.41. The van der Waals surface area contributed by atoms with Crippen molar-refractivity contribution in [1.82, 2.24) is 15.0 Å². The van der Waals surface area contributed by atoms with E-state index < -0.39 is 0 Å². The van der Waals surface area contributed by atoms with Gasteiger partial charge < -0.3 is 9.42 Å². The summed E-state index contributed by atoms with van der Waals surface area (Å²) in [7, 11) is 0. The van der Waals surface area contributed by atoms with E-state index in [1.54, 1.807) is 0 Å². The average molecular weight is 305 g/mol. The molecule has 1 atom stereocenters. The summed E-state index contributed by atoms with van der Waals surface area (Å²) in [5.41, 5.74) is 0.345. The van der Waals surface area contributed by atoms with Crippen LogP contribution in [0, 0.1) is 11.3 Å². The molecular weight excluding hydrogens is 278 g/mol. The zero-order valence-electron chi connectivity index (χ0n) is 13.8. The molecule has 0 radical (unpaired) electrons. The van der Waals surface area contributed by atoms with Gasteiger partial charge in [0.15, 0.2) is 5.82 Å². The molecule has 1 aromatic rings. The fourth-order valence-electron chi connectivity index (χ4n) is 3.81. The Hall–Kier alpha value is -1.39. The molecule has 2 aliphatic rings. The number of carbonyl (C=O) groups excluding carboxylic acids is 1. The molecule has 2 fully saturated rings. The predicted molar refractivity (Wildman–Crippen MR) is 83.3 cm³/mol. The Morgan fingerprint density at radius 2 is 2.05 bits per heavy atom. The normalized spacial score (nSPS) is 24.6. The first kappa shape index (κ1) is 15.5. The summed E-state index contributed by atoms with van der Waals surface area (Å²) in [6.45, 7) is 6.43.